The molecule has 0 aromatic heterocycles. The van der Waals surface area contributed by atoms with Gasteiger partial charge in [-0.2, -0.15) is 0 Å². The van der Waals surface area contributed by atoms with Gasteiger partial charge in [-0.15, -0.1) is 0 Å². The molecule has 0 aliphatic heterocycles. The topological polar surface area (TPSA) is 122 Å². The second kappa shape index (κ2) is 8.88. The zero-order valence-corrected chi connectivity index (χ0v) is 17.6. The van der Waals surface area contributed by atoms with Crippen LogP contribution in [-0.2, 0) is 10.0 Å². The number of anilines is 2. The van der Waals surface area contributed by atoms with Gasteiger partial charge in [-0.3, -0.25) is 9.52 Å². The molecule has 0 unspecified atom stereocenters. The summed E-state index contributed by atoms with van der Waals surface area (Å²) in [5.41, 5.74) is 1.54. The van der Waals surface area contributed by atoms with Crippen LogP contribution < -0.4 is 14.8 Å². The number of carbonyl (C=O) groups is 2. The second-order valence-corrected chi connectivity index (χ2v) is 8.31. The molecule has 0 spiro atoms. The molecule has 0 aliphatic rings. The maximum atomic E-state index is 12.8. The Kier molecular flexibility index (Phi) is 6.26. The van der Waals surface area contributed by atoms with Crippen molar-refractivity contribution in [1.82, 2.24) is 0 Å². The first-order chi connectivity index (χ1) is 14.7. The summed E-state index contributed by atoms with van der Waals surface area (Å²) in [4.78, 5) is 23.4. The first-order valence-electron chi connectivity index (χ1n) is 9.12. The lowest BCUT2D eigenvalue weighted by molar-refractivity contribution is 0.0696. The molecule has 3 aromatic carbocycles. The van der Waals surface area contributed by atoms with E-state index in [1.165, 1.54) is 37.4 Å². The molecule has 3 aromatic rings. The van der Waals surface area contributed by atoms with E-state index in [2.05, 4.69) is 10.0 Å². The van der Waals surface area contributed by atoms with Gasteiger partial charge in [0.05, 0.1) is 23.3 Å². The summed E-state index contributed by atoms with van der Waals surface area (Å²) in [6, 6.07) is 16.7. The highest BCUT2D eigenvalue weighted by Gasteiger charge is 2.20. The lowest BCUT2D eigenvalue weighted by Gasteiger charge is -2.16. The first kappa shape index (κ1) is 21.8. The molecule has 3 rings (SSSR count). The summed E-state index contributed by atoms with van der Waals surface area (Å²) in [7, 11) is -2.71. The third kappa shape index (κ3) is 5.01. The molecule has 0 saturated carbocycles. The van der Waals surface area contributed by atoms with E-state index < -0.39 is 16.0 Å². The van der Waals surface area contributed by atoms with E-state index in [9.17, 15) is 18.0 Å². The quantitative estimate of drug-likeness (QED) is 0.514. The number of ether oxygens (including phenoxy) is 1. The molecular weight excluding hydrogens is 420 g/mol. The molecule has 1 amide bonds. The zero-order chi connectivity index (χ0) is 22.6. The van der Waals surface area contributed by atoms with E-state index in [1.54, 1.807) is 37.3 Å². The summed E-state index contributed by atoms with van der Waals surface area (Å²) >= 11 is 0. The van der Waals surface area contributed by atoms with Crippen molar-refractivity contribution >= 4 is 33.3 Å². The number of carboxylic acids is 1. The number of nitrogens with one attached hydrogen (secondary N) is 2. The second-order valence-electron chi connectivity index (χ2n) is 6.63. The van der Waals surface area contributed by atoms with E-state index in [-0.39, 0.29) is 27.8 Å². The van der Waals surface area contributed by atoms with Gasteiger partial charge in [0.25, 0.3) is 15.9 Å². The first-order valence-corrected chi connectivity index (χ1v) is 10.6. The molecule has 160 valence electrons. The molecular formula is C22H20N2O6S. The molecule has 9 heteroatoms. The molecule has 0 bridgehead atoms. The highest BCUT2D eigenvalue weighted by atomic mass is 32.2. The van der Waals surface area contributed by atoms with E-state index in [1.807, 2.05) is 0 Å². The van der Waals surface area contributed by atoms with Crippen molar-refractivity contribution in [2.45, 2.75) is 11.8 Å². The maximum absolute atomic E-state index is 12.8. The molecule has 0 heterocycles. The molecule has 8 nitrogen and oxygen atoms in total. The van der Waals surface area contributed by atoms with Crippen molar-refractivity contribution in [1.29, 1.82) is 0 Å². The van der Waals surface area contributed by atoms with Crippen LogP contribution in [0.1, 0.15) is 26.3 Å². The molecule has 0 fully saturated rings. The van der Waals surface area contributed by atoms with Crippen LogP contribution in [0.5, 0.6) is 5.75 Å². The van der Waals surface area contributed by atoms with Crippen LogP contribution in [0.3, 0.4) is 0 Å². The highest BCUT2D eigenvalue weighted by Crippen LogP contribution is 2.33. The largest absolute Gasteiger partial charge is 0.494 e. The minimum Gasteiger partial charge on any atom is -0.494 e. The fraction of sp³-hybridized carbons (Fsp3) is 0.0909. The maximum Gasteiger partial charge on any atom is 0.335 e. The van der Waals surface area contributed by atoms with Gasteiger partial charge in [0, 0.05) is 17.3 Å². The van der Waals surface area contributed by atoms with Gasteiger partial charge in [0.2, 0.25) is 0 Å². The minimum atomic E-state index is -4.08. The number of hydrogen-bond acceptors (Lipinski definition) is 5. The lowest BCUT2D eigenvalue weighted by atomic mass is 10.1. The number of methoxy groups -OCH3 is 1. The van der Waals surface area contributed by atoms with Crippen LogP contribution in [0, 0.1) is 6.92 Å². The Hall–Kier alpha value is -3.85. The summed E-state index contributed by atoms with van der Waals surface area (Å²) in [6.07, 6.45) is 0. The average molecular weight is 440 g/mol. The average Bonchev–Trinajstić information content (AvgIpc) is 2.76. The Bertz CT molecular complexity index is 1240. The molecule has 0 radical (unpaired) electrons. The molecule has 0 atom stereocenters. The van der Waals surface area contributed by atoms with E-state index >= 15 is 0 Å². The van der Waals surface area contributed by atoms with Gasteiger partial charge in [-0.1, -0.05) is 24.3 Å². The number of benzene rings is 3. The Balaban J connectivity index is 1.90. The molecule has 0 aliphatic carbocycles. The van der Waals surface area contributed by atoms with Gasteiger partial charge >= 0.3 is 5.97 Å². The molecule has 31 heavy (non-hydrogen) atoms. The monoisotopic (exact) mass is 440 g/mol. The SMILES string of the molecule is COc1cc(NC(=O)c2ccccc2)c(C)cc1NS(=O)(=O)c1cccc(C(=O)O)c1. The van der Waals surface area contributed by atoms with E-state index in [0.717, 1.165) is 6.07 Å². The standard InChI is InChI=1S/C22H20N2O6S/c1-14-11-19(24-31(28,29)17-10-6-9-16(12-17)22(26)27)20(30-2)13-18(14)23-21(25)15-7-4-3-5-8-15/h3-13,24H,1-2H3,(H,23,25)(H,26,27). The van der Waals surface area contributed by atoms with Gasteiger partial charge in [0.15, 0.2) is 0 Å². The van der Waals surface area contributed by atoms with Crippen LogP contribution in [0.15, 0.2) is 71.6 Å². The molecule has 0 saturated heterocycles. The van der Waals surface area contributed by atoms with Gasteiger partial charge in [0.1, 0.15) is 5.75 Å². The van der Waals surface area contributed by atoms with Gasteiger partial charge < -0.3 is 15.2 Å². The number of rotatable bonds is 7. The highest BCUT2D eigenvalue weighted by molar-refractivity contribution is 7.92. The van der Waals surface area contributed by atoms with Crippen molar-refractivity contribution in [2.75, 3.05) is 17.1 Å². The number of hydrogen-bond donors (Lipinski definition) is 3. The fourth-order valence-corrected chi connectivity index (χ4v) is 3.96. The van der Waals surface area contributed by atoms with Crippen LogP contribution in [0.2, 0.25) is 0 Å². The Labute approximate surface area is 179 Å². The predicted molar refractivity (Wildman–Crippen MR) is 116 cm³/mol. The third-order valence-electron chi connectivity index (χ3n) is 4.47. The van der Waals surface area contributed by atoms with Crippen molar-refractivity contribution in [2.24, 2.45) is 0 Å². The number of aryl methyl sites for hydroxylation is 1. The summed E-state index contributed by atoms with van der Waals surface area (Å²) < 4.78 is 33.3. The van der Waals surface area contributed by atoms with Gasteiger partial charge in [-0.05, 0) is 48.9 Å². The van der Waals surface area contributed by atoms with Gasteiger partial charge in [-0.25, -0.2) is 13.2 Å². The number of amides is 1. The summed E-state index contributed by atoms with van der Waals surface area (Å²) in [5.74, 6) is -1.36. The molecule has 3 N–H and O–H groups in total. The van der Waals surface area contributed by atoms with Crippen LogP contribution in [0.25, 0.3) is 0 Å². The van der Waals surface area contributed by atoms with Crippen molar-refractivity contribution in [3.63, 3.8) is 0 Å². The van der Waals surface area contributed by atoms with Crippen molar-refractivity contribution in [3.05, 3.63) is 83.4 Å². The minimum absolute atomic E-state index is 0.148. The summed E-state index contributed by atoms with van der Waals surface area (Å²) in [6.45, 7) is 1.71. The number of carboxylic acid groups (broad SMARTS) is 1. The van der Waals surface area contributed by atoms with Crippen LogP contribution >= 0.6 is 0 Å². The number of sulfonamides is 1. The van der Waals surface area contributed by atoms with Crippen molar-refractivity contribution < 1.29 is 27.9 Å². The smallest absolute Gasteiger partial charge is 0.335 e. The Morgan fingerprint density at radius 3 is 2.23 bits per heavy atom. The van der Waals surface area contributed by atoms with Crippen molar-refractivity contribution in [3.8, 4) is 5.75 Å². The number of carbonyl (C=O) groups excluding carboxylic acids is 1. The fourth-order valence-electron chi connectivity index (χ4n) is 2.86. The van der Waals surface area contributed by atoms with Crippen LogP contribution in [-0.4, -0.2) is 32.5 Å². The zero-order valence-electron chi connectivity index (χ0n) is 16.7. The normalized spacial score (nSPS) is 10.9. The third-order valence-corrected chi connectivity index (χ3v) is 5.83. The Morgan fingerprint density at radius 2 is 1.58 bits per heavy atom. The summed E-state index contributed by atoms with van der Waals surface area (Å²) in [5, 5.41) is 11.9. The predicted octanol–water partition coefficient (Wildman–Crippen LogP) is 3.75. The van der Waals surface area contributed by atoms with Crippen LogP contribution in [0.4, 0.5) is 11.4 Å². The lowest BCUT2D eigenvalue weighted by Crippen LogP contribution is -2.16. The van der Waals surface area contributed by atoms with E-state index in [0.29, 0.717) is 16.8 Å². The number of aromatic carboxylic acids is 1. The Morgan fingerprint density at radius 1 is 0.903 bits per heavy atom. The van der Waals surface area contributed by atoms with E-state index in [4.69, 9.17) is 9.84 Å².